The fraction of sp³-hybridized carbons (Fsp3) is 0.261. The van der Waals surface area contributed by atoms with Crippen LogP contribution in [0.5, 0.6) is 11.5 Å². The molecule has 0 unspecified atom stereocenters. The van der Waals surface area contributed by atoms with Gasteiger partial charge in [-0.25, -0.2) is 23.1 Å². The van der Waals surface area contributed by atoms with Crippen molar-refractivity contribution >= 4 is 32.6 Å². The topological polar surface area (TPSA) is 145 Å². The molecule has 2 heterocycles. The minimum absolute atomic E-state index is 0.0444. The lowest BCUT2D eigenvalue weighted by molar-refractivity contribution is 0.414. The molecule has 0 spiro atoms. The van der Waals surface area contributed by atoms with Crippen LogP contribution in [0.4, 0.5) is 11.5 Å². The summed E-state index contributed by atoms with van der Waals surface area (Å²) in [5.74, 6) is 0.597. The summed E-state index contributed by atoms with van der Waals surface area (Å²) >= 11 is 0. The standard InChI is InChI=1S/C23H24N6O4S/c1-33-16-7-9-17(10-8-16)34(31,32)28-18-11-6-14(12-19(18)30)21-20-22(24)25-13-26-23(20)29(27-21)15-4-2-3-5-15/h6-13,15,28,30H,2-5H2,1H3,(H2,24,25,26). The van der Waals surface area contributed by atoms with Gasteiger partial charge in [0.1, 0.15) is 29.3 Å². The van der Waals surface area contributed by atoms with Crippen LogP contribution >= 0.6 is 0 Å². The number of aromatic nitrogens is 4. The number of nitrogens with one attached hydrogen (secondary N) is 1. The minimum atomic E-state index is -3.91. The third-order valence-electron chi connectivity index (χ3n) is 6.07. The molecule has 0 bridgehead atoms. The number of fused-ring (bicyclic) bond motifs is 1. The molecule has 4 aromatic rings. The number of ether oxygens (including phenoxy) is 1. The Morgan fingerprint density at radius 1 is 1.12 bits per heavy atom. The lowest BCUT2D eigenvalue weighted by Gasteiger charge is -2.11. The van der Waals surface area contributed by atoms with E-state index in [1.54, 1.807) is 18.2 Å². The lowest BCUT2D eigenvalue weighted by Crippen LogP contribution is -2.13. The van der Waals surface area contributed by atoms with Crippen molar-refractivity contribution < 1.29 is 18.3 Å². The molecule has 0 saturated heterocycles. The number of methoxy groups -OCH3 is 1. The monoisotopic (exact) mass is 480 g/mol. The molecule has 2 aromatic carbocycles. The number of phenols is 1. The third kappa shape index (κ3) is 3.87. The van der Waals surface area contributed by atoms with E-state index in [0.717, 1.165) is 25.7 Å². The van der Waals surface area contributed by atoms with E-state index in [0.29, 0.717) is 33.9 Å². The molecule has 0 radical (unpaired) electrons. The first-order valence-electron chi connectivity index (χ1n) is 10.9. The summed E-state index contributed by atoms with van der Waals surface area (Å²) in [6.07, 6.45) is 5.70. The fourth-order valence-electron chi connectivity index (χ4n) is 4.32. The predicted molar refractivity (Wildman–Crippen MR) is 128 cm³/mol. The fourth-order valence-corrected chi connectivity index (χ4v) is 5.40. The Labute approximate surface area is 196 Å². The van der Waals surface area contributed by atoms with E-state index in [2.05, 4.69) is 14.7 Å². The van der Waals surface area contributed by atoms with Crippen LogP contribution in [0.15, 0.2) is 53.7 Å². The molecule has 1 aliphatic rings. The highest BCUT2D eigenvalue weighted by molar-refractivity contribution is 7.92. The van der Waals surface area contributed by atoms with Crippen LogP contribution in [0.1, 0.15) is 31.7 Å². The highest BCUT2D eigenvalue weighted by Gasteiger charge is 2.25. The number of hydrogen-bond acceptors (Lipinski definition) is 8. The van der Waals surface area contributed by atoms with Crippen LogP contribution in [0, 0.1) is 0 Å². The average molecular weight is 481 g/mol. The summed E-state index contributed by atoms with van der Waals surface area (Å²) in [5.41, 5.74) is 7.99. The molecule has 34 heavy (non-hydrogen) atoms. The molecule has 176 valence electrons. The molecule has 2 aromatic heterocycles. The van der Waals surface area contributed by atoms with Gasteiger partial charge in [-0.2, -0.15) is 5.10 Å². The minimum Gasteiger partial charge on any atom is -0.506 e. The Hall–Kier alpha value is -3.86. The number of nitrogens with zero attached hydrogens (tertiary/aromatic N) is 4. The second kappa shape index (κ2) is 8.49. The van der Waals surface area contributed by atoms with Crippen LogP contribution in [0.25, 0.3) is 22.3 Å². The van der Waals surface area contributed by atoms with E-state index in [1.165, 1.54) is 37.7 Å². The molecule has 10 nitrogen and oxygen atoms in total. The molecular weight excluding hydrogens is 456 g/mol. The summed E-state index contributed by atoms with van der Waals surface area (Å²) in [5, 5.41) is 16.1. The van der Waals surface area contributed by atoms with Crippen molar-refractivity contribution in [2.24, 2.45) is 0 Å². The molecule has 11 heteroatoms. The quantitative estimate of drug-likeness (QED) is 0.354. The first-order valence-corrected chi connectivity index (χ1v) is 12.3. The van der Waals surface area contributed by atoms with Crippen molar-refractivity contribution in [3.05, 3.63) is 48.8 Å². The molecule has 0 amide bonds. The van der Waals surface area contributed by atoms with Gasteiger partial charge in [-0.05, 0) is 49.2 Å². The van der Waals surface area contributed by atoms with Crippen molar-refractivity contribution in [1.82, 2.24) is 19.7 Å². The second-order valence-electron chi connectivity index (χ2n) is 8.20. The van der Waals surface area contributed by atoms with Crippen LogP contribution in [-0.4, -0.2) is 40.4 Å². The van der Waals surface area contributed by atoms with Crippen molar-refractivity contribution in [3.8, 4) is 22.8 Å². The largest absolute Gasteiger partial charge is 0.506 e. The molecule has 5 rings (SSSR count). The van der Waals surface area contributed by atoms with Crippen LogP contribution in [-0.2, 0) is 10.0 Å². The molecular formula is C23H24N6O4S. The van der Waals surface area contributed by atoms with Crippen molar-refractivity contribution in [2.45, 2.75) is 36.6 Å². The maximum Gasteiger partial charge on any atom is 0.262 e. The first kappa shape index (κ1) is 22.0. The molecule has 1 saturated carbocycles. The van der Waals surface area contributed by atoms with Gasteiger partial charge in [0.15, 0.2) is 5.65 Å². The van der Waals surface area contributed by atoms with Gasteiger partial charge in [-0.15, -0.1) is 0 Å². The van der Waals surface area contributed by atoms with E-state index in [9.17, 15) is 13.5 Å². The van der Waals surface area contributed by atoms with Crippen molar-refractivity contribution in [3.63, 3.8) is 0 Å². The van der Waals surface area contributed by atoms with Gasteiger partial charge in [-0.1, -0.05) is 18.9 Å². The van der Waals surface area contributed by atoms with Gasteiger partial charge >= 0.3 is 0 Å². The van der Waals surface area contributed by atoms with E-state index >= 15 is 0 Å². The first-order chi connectivity index (χ1) is 16.4. The van der Waals surface area contributed by atoms with Gasteiger partial charge in [0.05, 0.1) is 29.1 Å². The number of rotatable bonds is 6. The smallest absolute Gasteiger partial charge is 0.262 e. The number of anilines is 2. The summed E-state index contributed by atoms with van der Waals surface area (Å²) in [6, 6.07) is 10.8. The van der Waals surface area contributed by atoms with Crippen LogP contribution in [0.2, 0.25) is 0 Å². The Morgan fingerprint density at radius 2 is 1.85 bits per heavy atom. The highest BCUT2D eigenvalue weighted by atomic mass is 32.2. The Bertz CT molecular complexity index is 1460. The normalized spacial score (nSPS) is 14.5. The van der Waals surface area contributed by atoms with Crippen LogP contribution < -0.4 is 15.2 Å². The second-order valence-corrected chi connectivity index (χ2v) is 9.88. The summed E-state index contributed by atoms with van der Waals surface area (Å²) in [7, 11) is -2.41. The van der Waals surface area contributed by atoms with E-state index in [-0.39, 0.29) is 22.4 Å². The molecule has 1 aliphatic carbocycles. The molecule has 0 atom stereocenters. The molecule has 0 aliphatic heterocycles. The number of hydrogen-bond donors (Lipinski definition) is 3. The maximum atomic E-state index is 12.8. The number of benzene rings is 2. The van der Waals surface area contributed by atoms with Gasteiger partial charge in [-0.3, -0.25) is 4.72 Å². The highest BCUT2D eigenvalue weighted by Crippen LogP contribution is 2.38. The number of nitrogen functional groups attached to an aromatic ring is 1. The van der Waals surface area contributed by atoms with Gasteiger partial charge in [0.25, 0.3) is 10.0 Å². The zero-order valence-electron chi connectivity index (χ0n) is 18.5. The van der Waals surface area contributed by atoms with Gasteiger partial charge in [0.2, 0.25) is 0 Å². The van der Waals surface area contributed by atoms with Crippen molar-refractivity contribution in [1.29, 1.82) is 0 Å². The average Bonchev–Trinajstić information content (AvgIpc) is 3.49. The van der Waals surface area contributed by atoms with E-state index < -0.39 is 10.0 Å². The Balaban J connectivity index is 1.50. The summed E-state index contributed by atoms with van der Waals surface area (Å²) in [6.45, 7) is 0. The summed E-state index contributed by atoms with van der Waals surface area (Å²) in [4.78, 5) is 8.58. The van der Waals surface area contributed by atoms with E-state index in [1.807, 2.05) is 4.68 Å². The number of nitrogens with two attached hydrogens (primary N) is 1. The zero-order chi connectivity index (χ0) is 23.9. The lowest BCUT2D eigenvalue weighted by atomic mass is 10.1. The number of sulfonamides is 1. The zero-order valence-corrected chi connectivity index (χ0v) is 19.3. The Kier molecular flexibility index (Phi) is 5.48. The molecule has 1 fully saturated rings. The van der Waals surface area contributed by atoms with Crippen LogP contribution in [0.3, 0.4) is 0 Å². The van der Waals surface area contributed by atoms with Gasteiger partial charge in [0, 0.05) is 5.56 Å². The third-order valence-corrected chi connectivity index (χ3v) is 7.46. The predicted octanol–water partition coefficient (Wildman–Crippen LogP) is 3.71. The number of aromatic hydroxyl groups is 1. The van der Waals surface area contributed by atoms with Gasteiger partial charge < -0.3 is 15.6 Å². The molecule has 4 N–H and O–H groups in total. The summed E-state index contributed by atoms with van der Waals surface area (Å²) < 4.78 is 34.9. The number of phenolic OH excluding ortho intramolecular Hbond substituents is 1. The van der Waals surface area contributed by atoms with E-state index in [4.69, 9.17) is 15.6 Å². The Morgan fingerprint density at radius 3 is 2.53 bits per heavy atom. The SMILES string of the molecule is COc1ccc(S(=O)(=O)Nc2ccc(-c3nn(C4CCCC4)c4ncnc(N)c34)cc2O)cc1. The maximum absolute atomic E-state index is 12.8. The van der Waals surface area contributed by atoms with Crippen molar-refractivity contribution in [2.75, 3.05) is 17.6 Å².